The van der Waals surface area contributed by atoms with E-state index in [0.29, 0.717) is 0 Å². The van der Waals surface area contributed by atoms with Gasteiger partial charge in [0.25, 0.3) is 0 Å². The van der Waals surface area contributed by atoms with E-state index in [4.69, 9.17) is 5.73 Å². The number of hydrogen-bond donors (Lipinski definition) is 2. The molecule has 16 heavy (non-hydrogen) atoms. The number of pyridine rings is 1. The molecular weight excluding hydrogens is 222 g/mol. The Morgan fingerprint density at radius 3 is 3.00 bits per heavy atom. The Morgan fingerprint density at radius 1 is 1.44 bits per heavy atom. The van der Waals surface area contributed by atoms with Crippen LogP contribution in [0, 0.1) is 6.92 Å². The van der Waals surface area contributed by atoms with Crippen molar-refractivity contribution in [3.05, 3.63) is 36.2 Å². The Morgan fingerprint density at radius 2 is 2.25 bits per heavy atom. The van der Waals surface area contributed by atoms with Crippen LogP contribution < -0.4 is 10.5 Å². The van der Waals surface area contributed by atoms with Crippen molar-refractivity contribution in [3.63, 3.8) is 0 Å². The first-order valence-corrected chi connectivity index (χ1v) is 5.56. The minimum absolute atomic E-state index is 0.546. The van der Waals surface area contributed by atoms with Crippen molar-refractivity contribution in [2.75, 3.05) is 0 Å². The van der Waals surface area contributed by atoms with Gasteiger partial charge >= 0.3 is 6.03 Å². The van der Waals surface area contributed by atoms with Gasteiger partial charge in [-0.3, -0.25) is 9.71 Å². The van der Waals surface area contributed by atoms with Crippen molar-refractivity contribution in [1.82, 2.24) is 9.71 Å². The Labute approximate surface area is 97.4 Å². The molecule has 82 valence electrons. The number of aryl methyl sites for hydroxylation is 1. The molecule has 0 spiro atoms. The van der Waals surface area contributed by atoms with E-state index >= 15 is 0 Å². The third-order valence-electron chi connectivity index (χ3n) is 2.22. The van der Waals surface area contributed by atoms with Crippen LogP contribution in [0.1, 0.15) is 5.56 Å². The Balaban J connectivity index is 2.48. The van der Waals surface area contributed by atoms with Gasteiger partial charge in [0, 0.05) is 28.1 Å². The van der Waals surface area contributed by atoms with E-state index < -0.39 is 6.03 Å². The van der Waals surface area contributed by atoms with Crippen LogP contribution in [0.15, 0.2) is 35.5 Å². The van der Waals surface area contributed by atoms with E-state index in [-0.39, 0.29) is 0 Å². The van der Waals surface area contributed by atoms with Crippen molar-refractivity contribution < 1.29 is 4.79 Å². The fourth-order valence-corrected chi connectivity index (χ4v) is 2.21. The highest BCUT2D eigenvalue weighted by atomic mass is 32.2. The lowest BCUT2D eigenvalue weighted by Crippen LogP contribution is -2.22. The second-order valence-corrected chi connectivity index (χ2v) is 4.19. The summed E-state index contributed by atoms with van der Waals surface area (Å²) in [6.07, 6.45) is 3.53. The van der Waals surface area contributed by atoms with Crippen molar-refractivity contribution >= 4 is 28.8 Å². The molecule has 5 heteroatoms. The third kappa shape index (κ3) is 2.09. The Hall–Kier alpha value is -1.75. The van der Waals surface area contributed by atoms with E-state index in [0.717, 1.165) is 21.2 Å². The Kier molecular flexibility index (Phi) is 2.96. The van der Waals surface area contributed by atoms with E-state index in [1.54, 1.807) is 12.4 Å². The Bertz CT molecular complexity index is 542. The molecule has 2 amide bonds. The fourth-order valence-electron chi connectivity index (χ4n) is 1.49. The van der Waals surface area contributed by atoms with E-state index in [1.807, 2.05) is 25.1 Å². The van der Waals surface area contributed by atoms with Gasteiger partial charge in [0.1, 0.15) is 0 Å². The lowest BCUT2D eigenvalue weighted by atomic mass is 10.1. The van der Waals surface area contributed by atoms with Gasteiger partial charge in [0.15, 0.2) is 0 Å². The number of carbonyl (C=O) groups is 1. The number of rotatable bonds is 2. The zero-order valence-corrected chi connectivity index (χ0v) is 9.54. The average Bonchev–Trinajstić information content (AvgIpc) is 2.27. The molecule has 0 atom stereocenters. The maximum atomic E-state index is 10.7. The zero-order chi connectivity index (χ0) is 11.5. The molecule has 1 heterocycles. The van der Waals surface area contributed by atoms with Crippen LogP contribution >= 0.6 is 11.9 Å². The number of urea groups is 1. The summed E-state index contributed by atoms with van der Waals surface area (Å²) >= 11 is 1.23. The van der Waals surface area contributed by atoms with Crippen molar-refractivity contribution in [1.29, 1.82) is 0 Å². The van der Waals surface area contributed by atoms with Gasteiger partial charge in [-0.2, -0.15) is 0 Å². The van der Waals surface area contributed by atoms with Gasteiger partial charge < -0.3 is 5.73 Å². The summed E-state index contributed by atoms with van der Waals surface area (Å²) in [4.78, 5) is 15.8. The van der Waals surface area contributed by atoms with Gasteiger partial charge in [-0.15, -0.1) is 0 Å². The average molecular weight is 233 g/mol. The summed E-state index contributed by atoms with van der Waals surface area (Å²) < 4.78 is 2.53. The summed E-state index contributed by atoms with van der Waals surface area (Å²) in [7, 11) is 0. The van der Waals surface area contributed by atoms with Crippen molar-refractivity contribution in [2.45, 2.75) is 11.8 Å². The number of hydrogen-bond acceptors (Lipinski definition) is 3. The van der Waals surface area contributed by atoms with Crippen molar-refractivity contribution in [3.8, 4) is 0 Å². The van der Waals surface area contributed by atoms with Gasteiger partial charge in [-0.05, 0) is 30.5 Å². The molecule has 0 aliphatic heterocycles. The van der Waals surface area contributed by atoms with Crippen LogP contribution in [-0.2, 0) is 0 Å². The number of amides is 2. The molecular formula is C11H11N3OS. The van der Waals surface area contributed by atoms with Crippen molar-refractivity contribution in [2.24, 2.45) is 5.73 Å². The molecule has 0 bridgehead atoms. The number of nitrogens with two attached hydrogens (primary N) is 1. The normalized spacial score (nSPS) is 10.3. The molecule has 0 aliphatic carbocycles. The fraction of sp³-hybridized carbons (Fsp3) is 0.0909. The number of nitrogens with one attached hydrogen (secondary N) is 1. The van der Waals surface area contributed by atoms with Gasteiger partial charge in [-0.25, -0.2) is 4.79 Å². The number of benzene rings is 1. The van der Waals surface area contributed by atoms with Crippen LogP contribution in [0.4, 0.5) is 4.79 Å². The van der Waals surface area contributed by atoms with Gasteiger partial charge in [0.2, 0.25) is 0 Å². The van der Waals surface area contributed by atoms with Gasteiger partial charge in [-0.1, -0.05) is 12.1 Å². The summed E-state index contributed by atoms with van der Waals surface area (Å²) in [5.41, 5.74) is 6.15. The van der Waals surface area contributed by atoms with E-state index in [1.165, 1.54) is 11.9 Å². The summed E-state index contributed by atoms with van der Waals surface area (Å²) in [6, 6.07) is 5.38. The second kappa shape index (κ2) is 4.40. The molecule has 0 saturated heterocycles. The maximum Gasteiger partial charge on any atom is 0.322 e. The number of carbonyl (C=O) groups excluding carboxylic acids is 1. The van der Waals surface area contributed by atoms with Crippen LogP contribution in [0.25, 0.3) is 10.8 Å². The minimum atomic E-state index is -0.546. The first-order chi connectivity index (χ1) is 7.68. The van der Waals surface area contributed by atoms with Gasteiger partial charge in [0.05, 0.1) is 0 Å². The number of fused-ring (bicyclic) bond motifs is 1. The molecule has 1 aromatic carbocycles. The molecule has 0 fully saturated rings. The largest absolute Gasteiger partial charge is 0.351 e. The number of primary amides is 1. The number of aromatic nitrogens is 1. The van der Waals surface area contributed by atoms with Crippen LogP contribution in [0.3, 0.4) is 0 Å². The van der Waals surface area contributed by atoms with Crippen LogP contribution in [-0.4, -0.2) is 11.0 Å². The summed E-state index contributed by atoms with van der Waals surface area (Å²) in [5.74, 6) is 0. The van der Waals surface area contributed by atoms with Crippen LogP contribution in [0.5, 0.6) is 0 Å². The lowest BCUT2D eigenvalue weighted by Gasteiger charge is -2.08. The first-order valence-electron chi connectivity index (χ1n) is 4.74. The zero-order valence-electron chi connectivity index (χ0n) is 8.73. The molecule has 0 saturated carbocycles. The number of nitrogens with zero attached hydrogens (tertiary/aromatic N) is 1. The first kappa shape index (κ1) is 10.8. The monoisotopic (exact) mass is 233 g/mol. The highest BCUT2D eigenvalue weighted by Gasteiger charge is 2.06. The highest BCUT2D eigenvalue weighted by molar-refractivity contribution is 7.98. The smallest absolute Gasteiger partial charge is 0.322 e. The molecule has 3 N–H and O–H groups in total. The molecule has 4 nitrogen and oxygen atoms in total. The molecule has 2 aromatic rings. The highest BCUT2D eigenvalue weighted by Crippen LogP contribution is 2.28. The predicted molar refractivity (Wildman–Crippen MR) is 65.1 cm³/mol. The van der Waals surface area contributed by atoms with E-state index in [2.05, 4.69) is 9.71 Å². The quantitative estimate of drug-likeness (QED) is 0.781. The SMILES string of the molecule is Cc1ccc2cnccc2c1SNC(N)=O. The molecule has 1 aromatic heterocycles. The molecule has 2 rings (SSSR count). The molecule has 0 unspecified atom stereocenters. The van der Waals surface area contributed by atoms with Crippen LogP contribution in [0.2, 0.25) is 0 Å². The predicted octanol–water partition coefficient (Wildman–Crippen LogP) is 2.22. The maximum absolute atomic E-state index is 10.7. The lowest BCUT2D eigenvalue weighted by molar-refractivity contribution is 0.254. The summed E-state index contributed by atoms with van der Waals surface area (Å²) in [6.45, 7) is 1.99. The molecule has 0 radical (unpaired) electrons. The minimum Gasteiger partial charge on any atom is -0.351 e. The summed E-state index contributed by atoms with van der Waals surface area (Å²) in [5, 5.41) is 2.11. The molecule has 0 aliphatic rings. The standard InChI is InChI=1S/C11H11N3OS/c1-7-2-3-8-6-13-5-4-9(8)10(7)16-14-11(12)15/h2-6H,1H3,(H3,12,14,15). The van der Waals surface area contributed by atoms with E-state index in [9.17, 15) is 4.79 Å². The topological polar surface area (TPSA) is 68.0 Å². The second-order valence-electron chi connectivity index (χ2n) is 3.38. The third-order valence-corrected chi connectivity index (χ3v) is 3.27.